The number of sulfonamides is 4. The van der Waals surface area contributed by atoms with Crippen molar-refractivity contribution in [3.8, 4) is 0 Å². The number of rotatable bonds is 23. The normalized spacial score (nSPS) is 18.1. The first-order valence-electron chi connectivity index (χ1n) is 33.2. The van der Waals surface area contributed by atoms with Gasteiger partial charge in [-0.25, -0.2) is 33.7 Å². The summed E-state index contributed by atoms with van der Waals surface area (Å²) in [6, 6.07) is 38.4. The van der Waals surface area contributed by atoms with Crippen molar-refractivity contribution in [2.75, 3.05) is 113 Å². The molecule has 0 saturated carbocycles. The van der Waals surface area contributed by atoms with Gasteiger partial charge in [0.2, 0.25) is 0 Å². The molecule has 21 nitrogen and oxygen atoms in total. The topological polar surface area (TPSA) is 259 Å². The first-order valence-corrected chi connectivity index (χ1v) is 42.4. The zero-order valence-electron chi connectivity index (χ0n) is 58.3. The number of nitrogens with one attached hydrogen (secondary N) is 4. The number of methoxy groups -OCH3 is 3. The number of halogens is 1. The van der Waals surface area contributed by atoms with E-state index in [-0.39, 0.29) is 30.3 Å². The van der Waals surface area contributed by atoms with Crippen LogP contribution in [0.25, 0.3) is 0 Å². The van der Waals surface area contributed by atoms with Crippen LogP contribution in [0.4, 0.5) is 22.7 Å². The molecule has 546 valence electrons. The minimum Gasteiger partial charge on any atom is -0.385 e. The molecule has 4 aliphatic heterocycles. The van der Waals surface area contributed by atoms with Crippen LogP contribution in [-0.4, -0.2) is 135 Å². The Labute approximate surface area is 617 Å². The Balaban J connectivity index is 0.000000169. The Hall–Kier alpha value is -6.22. The maximum Gasteiger partial charge on any atom is 0.373 e. The molecule has 4 aliphatic rings. The van der Waals surface area contributed by atoms with Gasteiger partial charge in [-0.05, 0) is 161 Å². The van der Waals surface area contributed by atoms with Gasteiger partial charge in [0.15, 0.2) is 0 Å². The van der Waals surface area contributed by atoms with Crippen molar-refractivity contribution in [1.29, 1.82) is 0 Å². The van der Waals surface area contributed by atoms with E-state index in [1.165, 1.54) is 49.3 Å². The Morgan fingerprint density at radius 1 is 0.426 bits per heavy atom. The van der Waals surface area contributed by atoms with Crippen LogP contribution in [-0.2, 0) is 63.9 Å². The van der Waals surface area contributed by atoms with Crippen molar-refractivity contribution in [3.05, 3.63) is 196 Å². The summed E-state index contributed by atoms with van der Waals surface area (Å²) in [5.74, 6) is 0. The number of unbranched alkanes of at least 4 members (excludes halogenated alkanes) is 5. The van der Waals surface area contributed by atoms with Gasteiger partial charge in [-0.2, -0.15) is 9.59 Å². The molecule has 4 N–H and O–H groups in total. The van der Waals surface area contributed by atoms with Crippen molar-refractivity contribution >= 4 is 119 Å². The minimum absolute atomic E-state index is 0.0726. The van der Waals surface area contributed by atoms with E-state index in [1.807, 2.05) is 108 Å². The molecule has 29 heteroatoms. The third kappa shape index (κ3) is 18.5. The van der Waals surface area contributed by atoms with Gasteiger partial charge in [0.25, 0.3) is 40.1 Å². The number of fused-ring (bicyclic) bond motifs is 8. The number of nitrogens with zero attached hydrogens (tertiary/aromatic N) is 4. The summed E-state index contributed by atoms with van der Waals surface area (Å²) in [4.78, 5) is 20.9. The van der Waals surface area contributed by atoms with E-state index in [2.05, 4.69) is 44.1 Å². The van der Waals surface area contributed by atoms with Gasteiger partial charge in [-0.15, -0.1) is 34.0 Å². The van der Waals surface area contributed by atoms with E-state index in [9.17, 15) is 33.7 Å². The van der Waals surface area contributed by atoms with E-state index >= 15 is 0 Å². The number of anilines is 4. The van der Waals surface area contributed by atoms with Crippen molar-refractivity contribution in [2.24, 2.45) is 0 Å². The molecule has 0 fully saturated rings. The van der Waals surface area contributed by atoms with Crippen LogP contribution < -0.4 is 38.5 Å². The lowest BCUT2D eigenvalue weighted by molar-refractivity contribution is -0.191. The van der Waals surface area contributed by atoms with E-state index in [0.29, 0.717) is 50.8 Å². The number of ether oxygens (including phenoxy) is 3. The molecule has 0 radical (unpaired) electrons. The molecule has 0 aliphatic carbocycles. The largest absolute Gasteiger partial charge is 0.385 e. The van der Waals surface area contributed by atoms with Crippen LogP contribution in [0.1, 0.15) is 137 Å². The molecule has 0 spiro atoms. The number of benzene rings is 5. The first-order chi connectivity index (χ1) is 48.5. The molecular formula is C72H91BrN8O13S7. The lowest BCUT2D eigenvalue weighted by atomic mass is 9.96. The molecule has 101 heavy (non-hydrogen) atoms. The highest BCUT2D eigenvalue weighted by Crippen LogP contribution is 2.49. The second kappa shape index (κ2) is 37.5. The highest BCUT2D eigenvalue weighted by atomic mass is 79.9. The molecule has 0 saturated heterocycles. The van der Waals surface area contributed by atoms with E-state index in [4.69, 9.17) is 23.8 Å². The number of para-hydroxylation sites is 1. The monoisotopic (exact) mass is 1580 g/mol. The summed E-state index contributed by atoms with van der Waals surface area (Å²) in [6.45, 7) is 9.29. The van der Waals surface area contributed by atoms with Gasteiger partial charge in [0.05, 0.1) is 85.6 Å². The van der Waals surface area contributed by atoms with Crippen LogP contribution in [0.15, 0.2) is 168 Å². The fraction of sp³-hybridized carbons (Fsp3) is 0.403. The SMILES string of the molecule is CCCCCCCCNC1c2ccccc2S(=O)(=O)N(C)c2ccsc21.COCCCNC1c2ccccc2N(C)S(=O)(=O)c2cc(C)ccc21.COCCCNC1c2ccccc2S(=O)(=O)N(C)c2c(Br)csc21.COCCCNC1c2ccccc2S(=O)(=O)N(C)c2ccsc21.O=C=O. The smallest absolute Gasteiger partial charge is 0.373 e. The second-order valence-electron chi connectivity index (χ2n) is 24.2. The van der Waals surface area contributed by atoms with Gasteiger partial charge in [0.1, 0.15) is 0 Å². The number of hydrogen-bond acceptors (Lipinski definition) is 20. The van der Waals surface area contributed by atoms with Crippen LogP contribution in [0.5, 0.6) is 0 Å². The standard InChI is InChI=1S/C20H28N2O2S2.C19H24N2O3S.C16H19BrN2O3S2.C16H20N2O3S2.CO2/c1-3-4-5-6-7-10-14-21-19-16-11-8-9-12-18(16)26(23,24)22(2)17-13-15-25-20(17)19;1-14-9-10-16-18(13-14)25(22,23)21(2)17-8-5-4-7-15(17)19(16)20-11-6-12-24-3;1-19-15-12(17)10-23-16(15)14(18-8-5-9-22-2)11-6-3-4-7-13(11)24(19,20)21;1-18-13-8-11-22-16(13)15(17-9-5-10-21-2)12-6-3-4-7-14(12)23(18,19)20;2-1-3/h8-9,11-13,15,19,21H,3-7,10,14H2,1-2H3;4-5,7-10,13,19-20H,6,11-12H2,1-3H3;3-4,6-7,10,14,18H,5,8-9H2,1-2H3;3-4,6-8,11,15,17H,5,9-10H2,1-2H3;. The zero-order valence-corrected chi connectivity index (χ0v) is 65.6. The highest BCUT2D eigenvalue weighted by molar-refractivity contribution is 9.10. The van der Waals surface area contributed by atoms with Crippen molar-refractivity contribution in [2.45, 2.75) is 115 Å². The number of hydrogen-bond donors (Lipinski definition) is 4. The van der Waals surface area contributed by atoms with Crippen LogP contribution in [0.2, 0.25) is 0 Å². The lowest BCUT2D eigenvalue weighted by Crippen LogP contribution is -2.26. The van der Waals surface area contributed by atoms with E-state index in [1.54, 1.807) is 126 Å². The summed E-state index contributed by atoms with van der Waals surface area (Å²) in [5.41, 5.74) is 8.08. The first kappa shape index (κ1) is 80.5. The Bertz CT molecular complexity index is 4550. The Kier molecular flexibility index (Phi) is 29.9. The average molecular weight is 1580 g/mol. The highest BCUT2D eigenvalue weighted by Gasteiger charge is 2.40. The predicted octanol–water partition coefficient (Wildman–Crippen LogP) is 13.2. The zero-order chi connectivity index (χ0) is 73.1. The van der Waals surface area contributed by atoms with Gasteiger partial charge in [-0.3, -0.25) is 17.2 Å². The maximum absolute atomic E-state index is 13.1. The molecule has 3 aromatic heterocycles. The molecule has 7 heterocycles. The lowest BCUT2D eigenvalue weighted by Gasteiger charge is -2.22. The van der Waals surface area contributed by atoms with Crippen molar-refractivity contribution in [3.63, 3.8) is 0 Å². The summed E-state index contributed by atoms with van der Waals surface area (Å²) < 4.78 is 126. The predicted molar refractivity (Wildman–Crippen MR) is 407 cm³/mol. The van der Waals surface area contributed by atoms with Crippen molar-refractivity contribution in [1.82, 2.24) is 21.3 Å². The molecule has 12 rings (SSSR count). The number of carbonyl (C=O) groups excluding carboxylic acids is 2. The maximum atomic E-state index is 13.1. The van der Waals surface area contributed by atoms with Gasteiger partial charge in [-0.1, -0.05) is 124 Å². The van der Waals surface area contributed by atoms with Crippen molar-refractivity contribution < 1.29 is 57.5 Å². The summed E-state index contributed by atoms with van der Waals surface area (Å²) in [7, 11) is -2.70. The number of aryl methyl sites for hydroxylation is 1. The third-order valence-corrected chi connectivity index (χ3v) is 28.9. The van der Waals surface area contributed by atoms with E-state index < -0.39 is 40.1 Å². The molecule has 0 bridgehead atoms. The third-order valence-electron chi connectivity index (χ3n) is 17.7. The number of thiophene rings is 3. The van der Waals surface area contributed by atoms with Gasteiger partial charge < -0.3 is 35.5 Å². The minimum atomic E-state index is -3.59. The fourth-order valence-electron chi connectivity index (χ4n) is 12.5. The molecule has 8 aromatic rings. The van der Waals surface area contributed by atoms with Crippen LogP contribution in [0, 0.1) is 6.92 Å². The van der Waals surface area contributed by atoms with Crippen LogP contribution >= 0.6 is 49.9 Å². The van der Waals surface area contributed by atoms with Gasteiger partial charge >= 0.3 is 6.15 Å². The fourth-order valence-corrected chi connectivity index (χ4v) is 22.6. The Morgan fingerprint density at radius 3 is 1.26 bits per heavy atom. The van der Waals surface area contributed by atoms with Gasteiger partial charge in [0, 0.05) is 74.7 Å². The second-order valence-corrected chi connectivity index (χ2v) is 35.6. The molecular weight excluding hydrogens is 1490 g/mol. The molecule has 4 atom stereocenters. The Morgan fingerprint density at radius 2 is 0.792 bits per heavy atom. The molecule has 4 unspecified atom stereocenters. The van der Waals surface area contributed by atoms with E-state index in [0.717, 1.165) is 116 Å². The molecule has 0 amide bonds. The van der Waals surface area contributed by atoms with Crippen LogP contribution in [0.3, 0.4) is 0 Å². The molecule has 5 aromatic carbocycles. The summed E-state index contributed by atoms with van der Waals surface area (Å²) >= 11 is 8.26. The summed E-state index contributed by atoms with van der Waals surface area (Å²) in [6.07, 6.45) is 10.3. The average Bonchev–Trinajstić information content (AvgIpc) is 1.63. The summed E-state index contributed by atoms with van der Waals surface area (Å²) in [5, 5.41) is 20.0. The quantitative estimate of drug-likeness (QED) is 0.0434.